The van der Waals surface area contributed by atoms with Crippen LogP contribution in [0.5, 0.6) is 0 Å². The van der Waals surface area contributed by atoms with Gasteiger partial charge in [-0.25, -0.2) is 0 Å². The van der Waals surface area contributed by atoms with Crippen LogP contribution < -0.4 is 0 Å². The molecule has 0 aliphatic rings. The first kappa shape index (κ1) is 11.5. The largest absolute Gasteiger partial charge is 0.392 e. The molecule has 0 amide bonds. The Morgan fingerprint density at radius 3 is 2.58 bits per heavy atom. The van der Waals surface area contributed by atoms with E-state index < -0.39 is 0 Å². The van der Waals surface area contributed by atoms with Crippen LogP contribution in [0.3, 0.4) is 0 Å². The standard InChI is InChI=1S/C16H12N2O/c17-9-14-13-8-11(10-19)6-7-15(13)18-16(14)12-4-2-1-3-5-12/h1-8,18-19H,10H2. The fourth-order valence-electron chi connectivity index (χ4n) is 2.27. The van der Waals surface area contributed by atoms with Gasteiger partial charge in [0.1, 0.15) is 6.07 Å². The molecule has 2 N–H and O–H groups in total. The summed E-state index contributed by atoms with van der Waals surface area (Å²) in [6.07, 6.45) is 0. The second-order valence-electron chi connectivity index (χ2n) is 4.39. The Kier molecular flexibility index (Phi) is 2.79. The van der Waals surface area contributed by atoms with Gasteiger partial charge in [-0.1, -0.05) is 36.4 Å². The highest BCUT2D eigenvalue weighted by Crippen LogP contribution is 2.30. The molecule has 0 fully saturated rings. The number of rotatable bonds is 2. The number of fused-ring (bicyclic) bond motifs is 1. The van der Waals surface area contributed by atoms with Gasteiger partial charge < -0.3 is 10.1 Å². The lowest BCUT2D eigenvalue weighted by atomic mass is 10.1. The zero-order valence-electron chi connectivity index (χ0n) is 10.2. The molecule has 1 heterocycles. The smallest absolute Gasteiger partial charge is 0.102 e. The van der Waals surface area contributed by atoms with Crippen molar-refractivity contribution in [3.63, 3.8) is 0 Å². The van der Waals surface area contributed by atoms with Crippen molar-refractivity contribution in [1.29, 1.82) is 5.26 Å². The summed E-state index contributed by atoms with van der Waals surface area (Å²) in [6, 6.07) is 17.6. The lowest BCUT2D eigenvalue weighted by molar-refractivity contribution is 0.282. The minimum absolute atomic E-state index is 0.0212. The van der Waals surface area contributed by atoms with Crippen molar-refractivity contribution in [3.8, 4) is 17.3 Å². The Balaban J connectivity index is 2.30. The van der Waals surface area contributed by atoms with Gasteiger partial charge >= 0.3 is 0 Å². The first-order valence-corrected chi connectivity index (χ1v) is 6.04. The highest BCUT2D eigenvalue weighted by Gasteiger charge is 2.12. The van der Waals surface area contributed by atoms with E-state index >= 15 is 0 Å². The van der Waals surface area contributed by atoms with Crippen LogP contribution >= 0.6 is 0 Å². The third kappa shape index (κ3) is 1.88. The van der Waals surface area contributed by atoms with Crippen molar-refractivity contribution in [1.82, 2.24) is 4.98 Å². The van der Waals surface area contributed by atoms with Gasteiger partial charge in [0.2, 0.25) is 0 Å². The Bertz CT molecular complexity index is 767. The molecule has 0 saturated carbocycles. The predicted molar refractivity (Wildman–Crippen MR) is 74.4 cm³/mol. The summed E-state index contributed by atoms with van der Waals surface area (Å²) in [4.78, 5) is 3.28. The summed E-state index contributed by atoms with van der Waals surface area (Å²) in [5.74, 6) is 0. The maximum atomic E-state index is 9.40. The van der Waals surface area contributed by atoms with E-state index in [2.05, 4.69) is 11.1 Å². The molecule has 0 bridgehead atoms. The van der Waals surface area contributed by atoms with Crippen LogP contribution in [0.25, 0.3) is 22.2 Å². The number of aromatic nitrogens is 1. The van der Waals surface area contributed by atoms with Gasteiger partial charge in [0.05, 0.1) is 17.9 Å². The van der Waals surface area contributed by atoms with Gasteiger partial charge in [-0.05, 0) is 23.3 Å². The fraction of sp³-hybridized carbons (Fsp3) is 0.0625. The number of nitriles is 1. The van der Waals surface area contributed by atoms with E-state index in [1.165, 1.54) is 0 Å². The molecule has 2 aromatic carbocycles. The average Bonchev–Trinajstić information content (AvgIpc) is 2.85. The summed E-state index contributed by atoms with van der Waals surface area (Å²) >= 11 is 0. The molecule has 3 rings (SSSR count). The molecule has 3 heteroatoms. The maximum absolute atomic E-state index is 9.40. The van der Waals surface area contributed by atoms with E-state index in [1.807, 2.05) is 48.5 Å². The molecule has 0 radical (unpaired) electrons. The minimum Gasteiger partial charge on any atom is -0.392 e. The second-order valence-corrected chi connectivity index (χ2v) is 4.39. The second kappa shape index (κ2) is 4.60. The number of aliphatic hydroxyl groups excluding tert-OH is 1. The van der Waals surface area contributed by atoms with Crippen LogP contribution in [0, 0.1) is 11.3 Å². The number of benzene rings is 2. The van der Waals surface area contributed by atoms with Crippen LogP contribution in [0.2, 0.25) is 0 Å². The van der Waals surface area contributed by atoms with Crippen LogP contribution in [0.4, 0.5) is 0 Å². The molecule has 0 spiro atoms. The SMILES string of the molecule is N#Cc1c(-c2ccccc2)[nH]c2ccc(CO)cc12. The molecule has 1 aromatic heterocycles. The maximum Gasteiger partial charge on any atom is 0.102 e. The van der Waals surface area contributed by atoms with Crippen molar-refractivity contribution < 1.29 is 5.11 Å². The summed E-state index contributed by atoms with van der Waals surface area (Å²) in [7, 11) is 0. The van der Waals surface area contributed by atoms with Crippen molar-refractivity contribution in [3.05, 3.63) is 59.7 Å². The van der Waals surface area contributed by atoms with Crippen LogP contribution in [0.1, 0.15) is 11.1 Å². The molecular weight excluding hydrogens is 236 g/mol. The average molecular weight is 248 g/mol. The Morgan fingerprint density at radius 2 is 1.89 bits per heavy atom. The number of nitrogens with zero attached hydrogens (tertiary/aromatic N) is 1. The number of aromatic amines is 1. The fourth-order valence-corrected chi connectivity index (χ4v) is 2.27. The predicted octanol–water partition coefficient (Wildman–Crippen LogP) is 3.20. The summed E-state index contributed by atoms with van der Waals surface area (Å²) in [5.41, 5.74) is 4.15. The van der Waals surface area contributed by atoms with E-state index in [0.29, 0.717) is 5.56 Å². The molecule has 3 aromatic rings. The zero-order chi connectivity index (χ0) is 13.2. The van der Waals surface area contributed by atoms with E-state index in [4.69, 9.17) is 0 Å². The topological polar surface area (TPSA) is 59.8 Å². The van der Waals surface area contributed by atoms with Gasteiger partial charge in [-0.2, -0.15) is 5.26 Å². The number of hydrogen-bond donors (Lipinski definition) is 2. The quantitative estimate of drug-likeness (QED) is 0.731. The summed E-state index contributed by atoms with van der Waals surface area (Å²) < 4.78 is 0. The number of nitrogens with one attached hydrogen (secondary N) is 1. The van der Waals surface area contributed by atoms with Crippen LogP contribution in [0.15, 0.2) is 48.5 Å². The van der Waals surface area contributed by atoms with Gasteiger partial charge in [0.25, 0.3) is 0 Å². The first-order chi connectivity index (χ1) is 9.33. The van der Waals surface area contributed by atoms with E-state index in [-0.39, 0.29) is 6.61 Å². The van der Waals surface area contributed by atoms with Crippen molar-refractivity contribution >= 4 is 10.9 Å². The van der Waals surface area contributed by atoms with E-state index in [1.54, 1.807) is 0 Å². The number of H-pyrrole nitrogens is 1. The molecule has 0 aliphatic carbocycles. The molecular formula is C16H12N2O. The molecule has 92 valence electrons. The molecule has 0 unspecified atom stereocenters. The lowest BCUT2D eigenvalue weighted by Crippen LogP contribution is -1.82. The van der Waals surface area contributed by atoms with Gasteiger partial charge in [-0.3, -0.25) is 0 Å². The molecule has 0 atom stereocenters. The number of hydrogen-bond acceptors (Lipinski definition) is 2. The first-order valence-electron chi connectivity index (χ1n) is 6.04. The highest BCUT2D eigenvalue weighted by molar-refractivity contribution is 5.93. The summed E-state index contributed by atoms with van der Waals surface area (Å²) in [6.45, 7) is -0.0212. The molecule has 0 saturated heterocycles. The third-order valence-electron chi connectivity index (χ3n) is 3.22. The summed E-state index contributed by atoms with van der Waals surface area (Å²) in [5, 5.41) is 19.4. The lowest BCUT2D eigenvalue weighted by Gasteiger charge is -1.97. The molecule has 0 aliphatic heterocycles. The van der Waals surface area contributed by atoms with Crippen molar-refractivity contribution in [2.45, 2.75) is 6.61 Å². The Morgan fingerprint density at radius 1 is 1.11 bits per heavy atom. The van der Waals surface area contributed by atoms with Crippen LogP contribution in [-0.4, -0.2) is 10.1 Å². The zero-order valence-corrected chi connectivity index (χ0v) is 10.2. The molecule has 3 nitrogen and oxygen atoms in total. The van der Waals surface area contributed by atoms with Crippen molar-refractivity contribution in [2.24, 2.45) is 0 Å². The van der Waals surface area contributed by atoms with Crippen molar-refractivity contribution in [2.75, 3.05) is 0 Å². The number of aliphatic hydroxyl groups is 1. The molecule has 19 heavy (non-hydrogen) atoms. The Hall–Kier alpha value is -2.57. The van der Waals surface area contributed by atoms with Gasteiger partial charge in [0, 0.05) is 10.9 Å². The third-order valence-corrected chi connectivity index (χ3v) is 3.22. The van der Waals surface area contributed by atoms with Gasteiger partial charge in [-0.15, -0.1) is 0 Å². The monoisotopic (exact) mass is 248 g/mol. The normalized spacial score (nSPS) is 10.5. The van der Waals surface area contributed by atoms with E-state index in [9.17, 15) is 10.4 Å². The van der Waals surface area contributed by atoms with E-state index in [0.717, 1.165) is 27.7 Å². The van der Waals surface area contributed by atoms with Gasteiger partial charge in [0.15, 0.2) is 0 Å². The van der Waals surface area contributed by atoms with Crippen LogP contribution in [-0.2, 0) is 6.61 Å². The highest BCUT2D eigenvalue weighted by atomic mass is 16.3. The Labute approximate surface area is 110 Å². The minimum atomic E-state index is -0.0212.